The van der Waals surface area contributed by atoms with E-state index in [0.29, 0.717) is 5.92 Å². The first kappa shape index (κ1) is 17.3. The molecular weight excluding hydrogens is 262 g/mol. The Bertz CT molecular complexity index is 428. The summed E-state index contributed by atoms with van der Waals surface area (Å²) in [6.07, 6.45) is 3.34. The second kappa shape index (κ2) is 10.1. The normalized spacial score (nSPS) is 11.6. The number of ether oxygens (including phenoxy) is 1. The summed E-state index contributed by atoms with van der Waals surface area (Å²) in [5.41, 5.74) is 1.26. The lowest BCUT2D eigenvalue weighted by Crippen LogP contribution is -2.40. The second-order valence-corrected chi connectivity index (χ2v) is 5.16. The van der Waals surface area contributed by atoms with Crippen LogP contribution in [0.25, 0.3) is 0 Å². The molecule has 0 radical (unpaired) electrons. The monoisotopic (exact) mass is 291 g/mol. The number of hydrogen-bond donors (Lipinski definition) is 2. The van der Waals surface area contributed by atoms with Crippen LogP contribution in [0.5, 0.6) is 5.75 Å². The van der Waals surface area contributed by atoms with E-state index in [1.807, 2.05) is 19.2 Å². The Morgan fingerprint density at radius 2 is 2.00 bits per heavy atom. The molecule has 21 heavy (non-hydrogen) atoms. The van der Waals surface area contributed by atoms with Crippen molar-refractivity contribution in [3.8, 4) is 5.75 Å². The predicted octanol–water partition coefficient (Wildman–Crippen LogP) is 2.84. The summed E-state index contributed by atoms with van der Waals surface area (Å²) < 4.78 is 5.24. The maximum atomic E-state index is 5.24. The Hall–Kier alpha value is -1.71. The minimum absolute atomic E-state index is 0.710. The Morgan fingerprint density at radius 3 is 2.62 bits per heavy atom. The molecule has 118 valence electrons. The zero-order chi connectivity index (χ0) is 15.5. The zero-order valence-corrected chi connectivity index (χ0v) is 13.8. The number of hydrogen-bond acceptors (Lipinski definition) is 2. The largest absolute Gasteiger partial charge is 0.497 e. The molecule has 4 nitrogen and oxygen atoms in total. The molecule has 0 aliphatic heterocycles. The van der Waals surface area contributed by atoms with E-state index in [4.69, 9.17) is 4.74 Å². The molecule has 0 spiro atoms. The van der Waals surface area contributed by atoms with E-state index in [1.54, 1.807) is 7.11 Å². The summed E-state index contributed by atoms with van der Waals surface area (Å²) in [4.78, 5) is 4.26. The first-order valence-electron chi connectivity index (χ1n) is 7.80. The molecule has 0 aromatic heterocycles. The average Bonchev–Trinajstić information content (AvgIpc) is 2.54. The molecule has 0 fully saturated rings. The number of nitrogens with one attached hydrogen (secondary N) is 2. The standard InChI is InChI=1S/C17H29N3O/c1-5-14(6-2)13-20-17(18-3)19-11-10-15-8-7-9-16(12-15)21-4/h7-9,12,14H,5-6,10-11,13H2,1-4H3,(H2,18,19,20). The molecular formula is C17H29N3O. The van der Waals surface area contributed by atoms with Crippen molar-refractivity contribution in [3.05, 3.63) is 29.8 Å². The molecule has 4 heteroatoms. The number of aliphatic imine (C=N–C) groups is 1. The van der Waals surface area contributed by atoms with Gasteiger partial charge < -0.3 is 15.4 Å². The topological polar surface area (TPSA) is 45.7 Å². The molecule has 1 aromatic rings. The van der Waals surface area contributed by atoms with E-state index < -0.39 is 0 Å². The quantitative estimate of drug-likeness (QED) is 0.572. The van der Waals surface area contributed by atoms with Crippen molar-refractivity contribution in [2.24, 2.45) is 10.9 Å². The maximum Gasteiger partial charge on any atom is 0.190 e. The van der Waals surface area contributed by atoms with Gasteiger partial charge in [0.25, 0.3) is 0 Å². The fraction of sp³-hybridized carbons (Fsp3) is 0.588. The van der Waals surface area contributed by atoms with Gasteiger partial charge in [-0.3, -0.25) is 4.99 Å². The van der Waals surface area contributed by atoms with Crippen LogP contribution in [0.1, 0.15) is 32.3 Å². The highest BCUT2D eigenvalue weighted by atomic mass is 16.5. The van der Waals surface area contributed by atoms with Gasteiger partial charge in [-0.1, -0.05) is 38.8 Å². The smallest absolute Gasteiger partial charge is 0.190 e. The summed E-state index contributed by atoms with van der Waals surface area (Å²) in [6, 6.07) is 8.17. The second-order valence-electron chi connectivity index (χ2n) is 5.16. The van der Waals surface area contributed by atoms with E-state index in [1.165, 1.54) is 18.4 Å². The van der Waals surface area contributed by atoms with Gasteiger partial charge in [0.05, 0.1) is 7.11 Å². The molecule has 0 atom stereocenters. The van der Waals surface area contributed by atoms with Crippen molar-refractivity contribution >= 4 is 5.96 Å². The number of benzene rings is 1. The van der Waals surface area contributed by atoms with Crippen LogP contribution >= 0.6 is 0 Å². The summed E-state index contributed by atoms with van der Waals surface area (Å²) in [7, 11) is 3.51. The summed E-state index contributed by atoms with van der Waals surface area (Å²) in [6.45, 7) is 6.30. The minimum Gasteiger partial charge on any atom is -0.497 e. The van der Waals surface area contributed by atoms with Crippen LogP contribution in [0, 0.1) is 5.92 Å². The van der Waals surface area contributed by atoms with Crippen LogP contribution in [0.4, 0.5) is 0 Å². The molecule has 0 saturated carbocycles. The van der Waals surface area contributed by atoms with Crippen molar-refractivity contribution in [2.75, 3.05) is 27.2 Å². The number of rotatable bonds is 8. The van der Waals surface area contributed by atoms with Crippen LogP contribution in [0.2, 0.25) is 0 Å². The summed E-state index contributed by atoms with van der Waals surface area (Å²) >= 11 is 0. The molecule has 2 N–H and O–H groups in total. The molecule has 0 bridgehead atoms. The van der Waals surface area contributed by atoms with E-state index in [0.717, 1.165) is 31.2 Å². The third-order valence-electron chi connectivity index (χ3n) is 3.78. The highest BCUT2D eigenvalue weighted by molar-refractivity contribution is 5.79. The van der Waals surface area contributed by atoms with E-state index in [-0.39, 0.29) is 0 Å². The molecule has 1 rings (SSSR count). The van der Waals surface area contributed by atoms with Crippen LogP contribution in [0.3, 0.4) is 0 Å². The predicted molar refractivity (Wildman–Crippen MR) is 90.1 cm³/mol. The van der Waals surface area contributed by atoms with E-state index >= 15 is 0 Å². The van der Waals surface area contributed by atoms with Gasteiger partial charge in [-0.25, -0.2) is 0 Å². The number of nitrogens with zero attached hydrogens (tertiary/aromatic N) is 1. The van der Waals surface area contributed by atoms with Gasteiger partial charge in [-0.15, -0.1) is 0 Å². The average molecular weight is 291 g/mol. The SMILES string of the molecule is CCC(CC)CNC(=NC)NCCc1cccc(OC)c1. The van der Waals surface area contributed by atoms with Gasteiger partial charge in [-0.05, 0) is 30.0 Å². The summed E-state index contributed by atoms with van der Waals surface area (Å²) in [5.74, 6) is 2.50. The van der Waals surface area contributed by atoms with Crippen molar-refractivity contribution in [1.82, 2.24) is 10.6 Å². The van der Waals surface area contributed by atoms with Gasteiger partial charge >= 0.3 is 0 Å². The van der Waals surface area contributed by atoms with Crippen LogP contribution in [-0.4, -0.2) is 33.2 Å². The Labute approximate surface area is 129 Å². The zero-order valence-electron chi connectivity index (χ0n) is 13.8. The van der Waals surface area contributed by atoms with Crippen molar-refractivity contribution in [3.63, 3.8) is 0 Å². The molecule has 0 saturated heterocycles. The lowest BCUT2D eigenvalue weighted by atomic mass is 10.0. The van der Waals surface area contributed by atoms with Gasteiger partial charge in [0.15, 0.2) is 5.96 Å². The summed E-state index contributed by atoms with van der Waals surface area (Å²) in [5, 5.41) is 6.75. The van der Waals surface area contributed by atoms with E-state index in [9.17, 15) is 0 Å². The Kier molecular flexibility index (Phi) is 8.32. The fourth-order valence-electron chi connectivity index (χ4n) is 2.19. The first-order chi connectivity index (χ1) is 10.2. The lowest BCUT2D eigenvalue weighted by Gasteiger charge is -2.16. The fourth-order valence-corrected chi connectivity index (χ4v) is 2.19. The van der Waals surface area contributed by atoms with Gasteiger partial charge in [-0.2, -0.15) is 0 Å². The molecule has 0 unspecified atom stereocenters. The van der Waals surface area contributed by atoms with Crippen molar-refractivity contribution in [2.45, 2.75) is 33.1 Å². The molecule has 0 aliphatic carbocycles. The Balaban J connectivity index is 2.35. The van der Waals surface area contributed by atoms with Crippen LogP contribution in [-0.2, 0) is 6.42 Å². The number of methoxy groups -OCH3 is 1. The van der Waals surface area contributed by atoms with Crippen LogP contribution in [0.15, 0.2) is 29.3 Å². The van der Waals surface area contributed by atoms with Crippen molar-refractivity contribution in [1.29, 1.82) is 0 Å². The first-order valence-corrected chi connectivity index (χ1v) is 7.80. The van der Waals surface area contributed by atoms with Gasteiger partial charge in [0.2, 0.25) is 0 Å². The highest BCUT2D eigenvalue weighted by Crippen LogP contribution is 2.12. The number of guanidine groups is 1. The third-order valence-corrected chi connectivity index (χ3v) is 3.78. The highest BCUT2D eigenvalue weighted by Gasteiger charge is 2.04. The van der Waals surface area contributed by atoms with E-state index in [2.05, 4.69) is 41.6 Å². The lowest BCUT2D eigenvalue weighted by molar-refractivity contribution is 0.414. The Morgan fingerprint density at radius 1 is 1.24 bits per heavy atom. The minimum atomic E-state index is 0.710. The van der Waals surface area contributed by atoms with Gasteiger partial charge in [0.1, 0.15) is 5.75 Å². The van der Waals surface area contributed by atoms with Crippen molar-refractivity contribution < 1.29 is 4.74 Å². The molecule has 0 aliphatic rings. The maximum absolute atomic E-state index is 5.24. The molecule has 1 aromatic carbocycles. The van der Waals surface area contributed by atoms with Crippen LogP contribution < -0.4 is 15.4 Å². The molecule has 0 amide bonds. The molecule has 0 heterocycles. The van der Waals surface area contributed by atoms with Gasteiger partial charge in [0, 0.05) is 20.1 Å². The third kappa shape index (κ3) is 6.52.